The first-order valence-corrected chi connectivity index (χ1v) is 10.4. The molecule has 0 aliphatic carbocycles. The van der Waals surface area contributed by atoms with Crippen LogP contribution in [0, 0.1) is 6.92 Å². The third-order valence-electron chi connectivity index (χ3n) is 5.31. The zero-order valence-electron chi connectivity index (χ0n) is 15.5. The fourth-order valence-corrected chi connectivity index (χ4v) is 4.60. The first-order chi connectivity index (χ1) is 13.3. The minimum atomic E-state index is 0.923. The van der Waals surface area contributed by atoms with Gasteiger partial charge in [-0.15, -0.1) is 10.2 Å². The predicted octanol–water partition coefficient (Wildman–Crippen LogP) is 2.72. The lowest BCUT2D eigenvalue weighted by Crippen LogP contribution is -2.47. The Morgan fingerprint density at radius 1 is 0.741 bits per heavy atom. The van der Waals surface area contributed by atoms with Gasteiger partial charge in [0.2, 0.25) is 5.13 Å². The van der Waals surface area contributed by atoms with Crippen molar-refractivity contribution in [1.82, 2.24) is 20.2 Å². The lowest BCUT2D eigenvalue weighted by molar-refractivity contribution is 0.642. The Balaban J connectivity index is 1.44. The van der Waals surface area contributed by atoms with Crippen molar-refractivity contribution in [3.05, 3.63) is 29.3 Å². The molecule has 2 saturated heterocycles. The van der Waals surface area contributed by atoms with E-state index in [9.17, 15) is 0 Å². The van der Waals surface area contributed by atoms with Crippen LogP contribution in [-0.4, -0.2) is 59.4 Å². The quantitative estimate of drug-likeness (QED) is 0.691. The third-order valence-corrected chi connectivity index (χ3v) is 6.20. The molecule has 0 saturated carbocycles. The molecule has 8 heteroatoms. The molecule has 5 rings (SSSR count). The number of fused-ring (bicyclic) bond motifs is 1. The molecular formula is C19H23N7S. The molecule has 2 fully saturated rings. The summed E-state index contributed by atoms with van der Waals surface area (Å²) in [5.74, 6) is 2.08. The van der Waals surface area contributed by atoms with Gasteiger partial charge in [-0.3, -0.25) is 0 Å². The Morgan fingerprint density at radius 3 is 1.85 bits per heavy atom. The average molecular weight is 382 g/mol. The van der Waals surface area contributed by atoms with Crippen molar-refractivity contribution in [1.29, 1.82) is 0 Å². The van der Waals surface area contributed by atoms with E-state index in [0.29, 0.717) is 0 Å². The first-order valence-electron chi connectivity index (χ1n) is 9.60. The minimum absolute atomic E-state index is 0.923. The molecule has 3 aromatic rings. The van der Waals surface area contributed by atoms with E-state index in [1.807, 2.05) is 19.1 Å². The number of rotatable bonds is 3. The molecule has 0 spiro atoms. The molecule has 0 N–H and O–H groups in total. The molecule has 0 amide bonds. The van der Waals surface area contributed by atoms with E-state index in [1.165, 1.54) is 12.8 Å². The first kappa shape index (κ1) is 16.7. The van der Waals surface area contributed by atoms with Crippen LogP contribution in [0.25, 0.3) is 11.0 Å². The molecule has 7 nitrogen and oxygen atoms in total. The van der Waals surface area contributed by atoms with Crippen LogP contribution < -0.4 is 14.7 Å². The van der Waals surface area contributed by atoms with E-state index < -0.39 is 0 Å². The number of anilines is 3. The van der Waals surface area contributed by atoms with Crippen molar-refractivity contribution in [2.24, 2.45) is 0 Å². The van der Waals surface area contributed by atoms with Crippen LogP contribution in [0.4, 0.5) is 16.8 Å². The highest BCUT2D eigenvalue weighted by atomic mass is 32.1. The van der Waals surface area contributed by atoms with E-state index in [2.05, 4.69) is 37.0 Å². The fraction of sp³-hybridized carbons (Fsp3) is 0.474. The van der Waals surface area contributed by atoms with Crippen LogP contribution in [-0.2, 0) is 0 Å². The Labute approximate surface area is 162 Å². The molecule has 0 bridgehead atoms. The smallest absolute Gasteiger partial charge is 0.208 e. The summed E-state index contributed by atoms with van der Waals surface area (Å²) >= 11 is 1.67. The Morgan fingerprint density at radius 2 is 1.30 bits per heavy atom. The Kier molecular flexibility index (Phi) is 4.27. The third kappa shape index (κ3) is 3.18. The van der Waals surface area contributed by atoms with Crippen LogP contribution in [0.3, 0.4) is 0 Å². The summed E-state index contributed by atoms with van der Waals surface area (Å²) in [7, 11) is 0. The minimum Gasteiger partial charge on any atom is -0.354 e. The molecular weight excluding hydrogens is 358 g/mol. The summed E-state index contributed by atoms with van der Waals surface area (Å²) in [6.45, 7) is 7.86. The maximum Gasteiger partial charge on any atom is 0.208 e. The SMILES string of the molecule is Cc1nnc(N2CCN(c3nc4ccccc4nc3N3CCCC3)CC2)s1. The molecule has 1 aromatic carbocycles. The second kappa shape index (κ2) is 6.92. The molecule has 2 aliphatic heterocycles. The van der Waals surface area contributed by atoms with E-state index >= 15 is 0 Å². The highest BCUT2D eigenvalue weighted by Gasteiger charge is 2.26. The molecule has 4 heterocycles. The normalized spacial score (nSPS) is 17.9. The number of benzene rings is 1. The molecule has 0 unspecified atom stereocenters. The highest BCUT2D eigenvalue weighted by Crippen LogP contribution is 2.32. The number of piperazine rings is 1. The number of aryl methyl sites for hydroxylation is 1. The van der Waals surface area contributed by atoms with Gasteiger partial charge in [-0.05, 0) is 31.9 Å². The van der Waals surface area contributed by atoms with Crippen molar-refractivity contribution in [2.45, 2.75) is 19.8 Å². The van der Waals surface area contributed by atoms with Crippen molar-refractivity contribution in [2.75, 3.05) is 54.0 Å². The second-order valence-corrected chi connectivity index (χ2v) is 8.29. The van der Waals surface area contributed by atoms with E-state index in [-0.39, 0.29) is 0 Å². The van der Waals surface area contributed by atoms with Gasteiger partial charge in [0.05, 0.1) is 11.0 Å². The molecule has 2 aliphatic rings. The van der Waals surface area contributed by atoms with Gasteiger partial charge >= 0.3 is 0 Å². The van der Waals surface area contributed by atoms with Crippen molar-refractivity contribution in [3.8, 4) is 0 Å². The van der Waals surface area contributed by atoms with Crippen LogP contribution in [0.1, 0.15) is 17.8 Å². The summed E-state index contributed by atoms with van der Waals surface area (Å²) in [6, 6.07) is 8.18. The summed E-state index contributed by atoms with van der Waals surface area (Å²) in [5.41, 5.74) is 1.95. The standard InChI is InChI=1S/C19H23N7S/c1-14-22-23-19(27-14)26-12-10-25(11-13-26)18-17(24-8-4-5-9-24)20-15-6-2-3-7-16(15)21-18/h2-3,6-7H,4-5,8-13H2,1H3. The fourth-order valence-electron chi connectivity index (χ4n) is 3.86. The number of para-hydroxylation sites is 2. The molecule has 0 atom stereocenters. The van der Waals surface area contributed by atoms with Crippen LogP contribution in [0.5, 0.6) is 0 Å². The van der Waals surface area contributed by atoms with Gasteiger partial charge in [0.25, 0.3) is 0 Å². The maximum absolute atomic E-state index is 5.02. The van der Waals surface area contributed by atoms with Gasteiger partial charge in [0.15, 0.2) is 11.6 Å². The Hall–Kier alpha value is -2.48. The lowest BCUT2D eigenvalue weighted by atomic mass is 10.2. The van der Waals surface area contributed by atoms with E-state index in [0.717, 1.165) is 72.1 Å². The van der Waals surface area contributed by atoms with Crippen LogP contribution in [0.2, 0.25) is 0 Å². The van der Waals surface area contributed by atoms with Crippen LogP contribution >= 0.6 is 11.3 Å². The molecule has 0 radical (unpaired) electrons. The summed E-state index contributed by atoms with van der Waals surface area (Å²) in [4.78, 5) is 17.1. The number of nitrogens with zero attached hydrogens (tertiary/aromatic N) is 7. The van der Waals surface area contributed by atoms with Gasteiger partial charge in [-0.1, -0.05) is 23.5 Å². The van der Waals surface area contributed by atoms with Gasteiger partial charge < -0.3 is 14.7 Å². The molecule has 27 heavy (non-hydrogen) atoms. The Bertz CT molecular complexity index is 942. The van der Waals surface area contributed by atoms with Crippen LogP contribution in [0.15, 0.2) is 24.3 Å². The van der Waals surface area contributed by atoms with Gasteiger partial charge in [-0.25, -0.2) is 9.97 Å². The topological polar surface area (TPSA) is 61.3 Å². The van der Waals surface area contributed by atoms with Gasteiger partial charge in [-0.2, -0.15) is 0 Å². The number of aromatic nitrogens is 4. The average Bonchev–Trinajstić information content (AvgIpc) is 3.39. The maximum atomic E-state index is 5.02. The zero-order chi connectivity index (χ0) is 18.2. The monoisotopic (exact) mass is 381 g/mol. The van der Waals surface area contributed by atoms with Gasteiger partial charge in [0.1, 0.15) is 5.01 Å². The number of hydrogen-bond acceptors (Lipinski definition) is 8. The van der Waals surface area contributed by atoms with Crippen molar-refractivity contribution < 1.29 is 0 Å². The lowest BCUT2D eigenvalue weighted by Gasteiger charge is -2.36. The van der Waals surface area contributed by atoms with Gasteiger partial charge in [0, 0.05) is 39.3 Å². The van der Waals surface area contributed by atoms with Crippen molar-refractivity contribution >= 4 is 39.1 Å². The summed E-state index contributed by atoms with van der Waals surface area (Å²) < 4.78 is 0. The largest absolute Gasteiger partial charge is 0.354 e. The summed E-state index contributed by atoms with van der Waals surface area (Å²) in [6.07, 6.45) is 2.47. The van der Waals surface area contributed by atoms with E-state index in [1.54, 1.807) is 11.3 Å². The summed E-state index contributed by atoms with van der Waals surface area (Å²) in [5, 5.41) is 10.5. The molecule has 2 aromatic heterocycles. The predicted molar refractivity (Wildman–Crippen MR) is 110 cm³/mol. The molecule has 140 valence electrons. The van der Waals surface area contributed by atoms with E-state index in [4.69, 9.17) is 9.97 Å². The number of hydrogen-bond donors (Lipinski definition) is 0. The zero-order valence-corrected chi connectivity index (χ0v) is 16.3. The highest BCUT2D eigenvalue weighted by molar-refractivity contribution is 7.15. The van der Waals surface area contributed by atoms with Crippen molar-refractivity contribution in [3.63, 3.8) is 0 Å². The second-order valence-electron chi connectivity index (χ2n) is 7.13.